The zero-order chi connectivity index (χ0) is 18.4. The molecule has 0 N–H and O–H groups in total. The first kappa shape index (κ1) is 19.1. The summed E-state index contributed by atoms with van der Waals surface area (Å²) in [6.07, 6.45) is 12.1. The van der Waals surface area contributed by atoms with E-state index in [9.17, 15) is 8.78 Å². The number of halogens is 2. The van der Waals surface area contributed by atoms with Crippen LogP contribution in [0.3, 0.4) is 0 Å². The van der Waals surface area contributed by atoms with Gasteiger partial charge in [0.1, 0.15) is 11.6 Å². The van der Waals surface area contributed by atoms with E-state index < -0.39 is 11.6 Å². The number of unbranched alkanes of at least 4 members (excludes halogenated alkanes) is 1. The van der Waals surface area contributed by atoms with Crippen molar-refractivity contribution in [1.82, 2.24) is 0 Å². The van der Waals surface area contributed by atoms with Crippen LogP contribution in [0.5, 0.6) is 0 Å². The Morgan fingerprint density at radius 2 is 1.35 bits per heavy atom. The van der Waals surface area contributed by atoms with Gasteiger partial charge >= 0.3 is 0 Å². The van der Waals surface area contributed by atoms with E-state index >= 15 is 0 Å². The van der Waals surface area contributed by atoms with Crippen molar-refractivity contribution in [3.05, 3.63) is 59.7 Å². The smallest absolute Gasteiger partial charge is 0.126 e. The maximum absolute atomic E-state index is 13.4. The molecular formula is C24H30F2. The Kier molecular flexibility index (Phi) is 6.82. The molecule has 2 aromatic rings. The summed E-state index contributed by atoms with van der Waals surface area (Å²) in [4.78, 5) is 0. The molecule has 0 aromatic heterocycles. The highest BCUT2D eigenvalue weighted by molar-refractivity contribution is 5.63. The summed E-state index contributed by atoms with van der Waals surface area (Å²) in [5.74, 6) is 0.777. The lowest BCUT2D eigenvalue weighted by Gasteiger charge is -2.28. The number of hydrogen-bond acceptors (Lipinski definition) is 0. The molecule has 0 heterocycles. The molecule has 0 radical (unpaired) electrons. The Morgan fingerprint density at radius 3 is 1.92 bits per heavy atom. The topological polar surface area (TPSA) is 0 Å². The van der Waals surface area contributed by atoms with Crippen molar-refractivity contribution in [1.29, 1.82) is 0 Å². The van der Waals surface area contributed by atoms with Gasteiger partial charge in [0.2, 0.25) is 0 Å². The highest BCUT2D eigenvalue weighted by Crippen LogP contribution is 2.34. The Hall–Kier alpha value is -1.70. The molecule has 2 aromatic carbocycles. The molecule has 0 nitrogen and oxygen atoms in total. The van der Waals surface area contributed by atoms with Crippen LogP contribution in [-0.4, -0.2) is 0 Å². The fourth-order valence-corrected chi connectivity index (χ4v) is 4.26. The maximum Gasteiger partial charge on any atom is 0.126 e. The minimum absolute atomic E-state index is 0.529. The summed E-state index contributed by atoms with van der Waals surface area (Å²) in [6, 6.07) is 11.8. The highest BCUT2D eigenvalue weighted by Gasteiger charge is 2.20. The summed E-state index contributed by atoms with van der Waals surface area (Å²) in [6.45, 7) is 2.28. The van der Waals surface area contributed by atoms with E-state index in [1.807, 2.05) is 12.1 Å². The second-order valence-electron chi connectivity index (χ2n) is 7.92. The van der Waals surface area contributed by atoms with Gasteiger partial charge in [0.15, 0.2) is 0 Å². The first-order chi connectivity index (χ1) is 12.6. The third-order valence-electron chi connectivity index (χ3n) is 5.92. The fraction of sp³-hybridized carbons (Fsp3) is 0.500. The first-order valence-corrected chi connectivity index (χ1v) is 10.2. The monoisotopic (exact) mass is 356 g/mol. The molecule has 0 bridgehead atoms. The van der Waals surface area contributed by atoms with Crippen molar-refractivity contribution in [3.8, 4) is 11.1 Å². The summed E-state index contributed by atoms with van der Waals surface area (Å²) < 4.78 is 26.8. The molecule has 2 heteroatoms. The molecular weight excluding hydrogens is 326 g/mol. The Balaban J connectivity index is 1.49. The minimum Gasteiger partial charge on any atom is -0.207 e. The van der Waals surface area contributed by atoms with Crippen LogP contribution in [0.1, 0.15) is 63.9 Å². The second kappa shape index (κ2) is 9.30. The van der Waals surface area contributed by atoms with E-state index in [1.165, 1.54) is 69.1 Å². The predicted molar refractivity (Wildman–Crippen MR) is 105 cm³/mol. The first-order valence-electron chi connectivity index (χ1n) is 10.2. The molecule has 140 valence electrons. The van der Waals surface area contributed by atoms with E-state index in [0.29, 0.717) is 5.56 Å². The second-order valence-corrected chi connectivity index (χ2v) is 7.92. The van der Waals surface area contributed by atoms with Crippen LogP contribution in [0.2, 0.25) is 0 Å². The molecule has 1 aliphatic carbocycles. The van der Waals surface area contributed by atoms with Crippen LogP contribution in [0, 0.1) is 23.5 Å². The summed E-state index contributed by atoms with van der Waals surface area (Å²) in [7, 11) is 0. The van der Waals surface area contributed by atoms with Crippen LogP contribution in [0.25, 0.3) is 11.1 Å². The van der Waals surface area contributed by atoms with Crippen molar-refractivity contribution in [2.75, 3.05) is 0 Å². The van der Waals surface area contributed by atoms with Crippen molar-refractivity contribution >= 4 is 0 Å². The molecule has 26 heavy (non-hydrogen) atoms. The third kappa shape index (κ3) is 5.40. The number of aryl methyl sites for hydroxylation is 1. The minimum atomic E-state index is -0.529. The Morgan fingerprint density at radius 1 is 0.769 bits per heavy atom. The van der Waals surface area contributed by atoms with Gasteiger partial charge in [-0.1, -0.05) is 76.1 Å². The molecule has 0 atom stereocenters. The molecule has 3 rings (SSSR count). The molecule has 1 fully saturated rings. The molecule has 0 unspecified atom stereocenters. The molecule has 0 spiro atoms. The van der Waals surface area contributed by atoms with Crippen LogP contribution in [0.4, 0.5) is 8.78 Å². The van der Waals surface area contributed by atoms with Gasteiger partial charge in [0.25, 0.3) is 0 Å². The quantitative estimate of drug-likeness (QED) is 0.480. The normalized spacial score (nSPS) is 20.3. The lowest BCUT2D eigenvalue weighted by molar-refractivity contribution is 0.250. The average molecular weight is 357 g/mol. The van der Waals surface area contributed by atoms with E-state index in [0.717, 1.165) is 29.9 Å². The Bertz CT molecular complexity index is 662. The van der Waals surface area contributed by atoms with Crippen molar-refractivity contribution in [2.45, 2.75) is 64.7 Å². The molecule has 1 aliphatic rings. The van der Waals surface area contributed by atoms with Gasteiger partial charge in [-0.15, -0.1) is 0 Å². The number of rotatable bonds is 7. The predicted octanol–water partition coefficient (Wildman–Crippen LogP) is 7.56. The van der Waals surface area contributed by atoms with Crippen LogP contribution in [0.15, 0.2) is 42.5 Å². The van der Waals surface area contributed by atoms with Crippen LogP contribution in [-0.2, 0) is 6.42 Å². The van der Waals surface area contributed by atoms with Gasteiger partial charge < -0.3 is 0 Å². The van der Waals surface area contributed by atoms with E-state index in [2.05, 4.69) is 19.1 Å². The number of benzene rings is 2. The third-order valence-corrected chi connectivity index (χ3v) is 5.92. The van der Waals surface area contributed by atoms with Gasteiger partial charge in [-0.2, -0.15) is 0 Å². The van der Waals surface area contributed by atoms with Crippen molar-refractivity contribution < 1.29 is 8.78 Å². The SMILES string of the molecule is CCCCC1CCC(CCc2ccc(-c3cc(F)cc(F)c3)cc2)CC1. The summed E-state index contributed by atoms with van der Waals surface area (Å²) in [5, 5.41) is 0. The fourth-order valence-electron chi connectivity index (χ4n) is 4.26. The van der Waals surface area contributed by atoms with Gasteiger partial charge in [0, 0.05) is 6.07 Å². The largest absolute Gasteiger partial charge is 0.207 e. The van der Waals surface area contributed by atoms with E-state index in [-0.39, 0.29) is 0 Å². The van der Waals surface area contributed by atoms with Crippen LogP contribution >= 0.6 is 0 Å². The highest BCUT2D eigenvalue weighted by atomic mass is 19.1. The summed E-state index contributed by atoms with van der Waals surface area (Å²) in [5.41, 5.74) is 2.78. The molecule has 0 saturated heterocycles. The summed E-state index contributed by atoms with van der Waals surface area (Å²) >= 11 is 0. The lowest BCUT2D eigenvalue weighted by atomic mass is 9.78. The Labute approximate surface area is 156 Å². The van der Waals surface area contributed by atoms with Crippen molar-refractivity contribution in [3.63, 3.8) is 0 Å². The average Bonchev–Trinajstić information content (AvgIpc) is 2.65. The van der Waals surface area contributed by atoms with Gasteiger partial charge in [0.05, 0.1) is 0 Å². The maximum atomic E-state index is 13.4. The van der Waals surface area contributed by atoms with Gasteiger partial charge in [-0.05, 0) is 53.5 Å². The zero-order valence-electron chi connectivity index (χ0n) is 15.8. The standard InChI is InChI=1S/C24H30F2/c1-2-3-4-18-5-7-19(8-6-18)9-10-20-11-13-21(14-12-20)22-15-23(25)17-24(26)16-22/h11-19H,2-10H2,1H3. The molecule has 0 amide bonds. The van der Waals surface area contributed by atoms with E-state index in [1.54, 1.807) is 0 Å². The van der Waals surface area contributed by atoms with Crippen LogP contribution < -0.4 is 0 Å². The lowest BCUT2D eigenvalue weighted by Crippen LogP contribution is -2.15. The number of hydrogen-bond donors (Lipinski definition) is 0. The van der Waals surface area contributed by atoms with Crippen molar-refractivity contribution in [2.24, 2.45) is 11.8 Å². The molecule has 0 aliphatic heterocycles. The zero-order valence-corrected chi connectivity index (χ0v) is 15.8. The van der Waals surface area contributed by atoms with E-state index in [4.69, 9.17) is 0 Å². The molecule has 1 saturated carbocycles. The van der Waals surface area contributed by atoms with Gasteiger partial charge in [-0.3, -0.25) is 0 Å². The van der Waals surface area contributed by atoms with Gasteiger partial charge in [-0.25, -0.2) is 8.78 Å².